The fourth-order valence-corrected chi connectivity index (χ4v) is 1.85. The summed E-state index contributed by atoms with van der Waals surface area (Å²) in [6.45, 7) is 2.00. The molecule has 3 heteroatoms. The van der Waals surface area contributed by atoms with Gasteiger partial charge in [-0.2, -0.15) is 17.9 Å². The van der Waals surface area contributed by atoms with Crippen LogP contribution in [-0.4, -0.2) is 0 Å². The summed E-state index contributed by atoms with van der Waals surface area (Å²) in [6.07, 6.45) is 0. The number of hydrogen-bond acceptors (Lipinski definition) is 3. The van der Waals surface area contributed by atoms with Crippen LogP contribution >= 0.6 is 12.6 Å². The van der Waals surface area contributed by atoms with Gasteiger partial charge >= 0.3 is 0 Å². The second kappa shape index (κ2) is 5.61. The quantitative estimate of drug-likeness (QED) is 0.838. The summed E-state index contributed by atoms with van der Waals surface area (Å²) in [6, 6.07) is 15.4. The topological polar surface area (TPSA) is 33.0 Å². The molecule has 0 unspecified atom stereocenters. The van der Waals surface area contributed by atoms with Crippen LogP contribution in [0.1, 0.15) is 16.7 Å². The highest BCUT2D eigenvalue weighted by Crippen LogP contribution is 2.26. The van der Waals surface area contributed by atoms with Crippen LogP contribution in [0.2, 0.25) is 0 Å². The minimum absolute atomic E-state index is 0.531. The predicted molar refractivity (Wildman–Crippen MR) is 75.1 cm³/mol. The van der Waals surface area contributed by atoms with Crippen molar-refractivity contribution in [2.24, 2.45) is 0 Å². The Hall–Kier alpha value is -1.92. The van der Waals surface area contributed by atoms with Crippen molar-refractivity contribution in [2.45, 2.75) is 12.7 Å². The zero-order valence-electron chi connectivity index (χ0n) is 10.1. The van der Waals surface area contributed by atoms with Crippen LogP contribution in [0, 0.1) is 18.3 Å². The van der Waals surface area contributed by atoms with Gasteiger partial charge in [0.25, 0.3) is 0 Å². The number of ether oxygens (including phenoxy) is 1. The van der Waals surface area contributed by atoms with Crippen LogP contribution in [0.5, 0.6) is 11.5 Å². The van der Waals surface area contributed by atoms with Crippen molar-refractivity contribution in [1.29, 1.82) is 5.26 Å². The van der Waals surface area contributed by atoms with Gasteiger partial charge in [0.1, 0.15) is 17.6 Å². The lowest BCUT2D eigenvalue weighted by Gasteiger charge is -2.09. The lowest BCUT2D eigenvalue weighted by molar-refractivity contribution is 0.480. The summed E-state index contributed by atoms with van der Waals surface area (Å²) in [4.78, 5) is 0. The molecule has 0 radical (unpaired) electrons. The zero-order valence-corrected chi connectivity index (χ0v) is 10.9. The molecule has 0 N–H and O–H groups in total. The van der Waals surface area contributed by atoms with Gasteiger partial charge < -0.3 is 4.74 Å². The Balaban J connectivity index is 2.32. The molecule has 0 heterocycles. The van der Waals surface area contributed by atoms with Gasteiger partial charge in [-0.3, -0.25) is 0 Å². The van der Waals surface area contributed by atoms with Gasteiger partial charge in [-0.05, 0) is 42.3 Å². The molecule has 90 valence electrons. The van der Waals surface area contributed by atoms with E-state index in [1.165, 1.54) is 0 Å². The molecular formula is C15H13NOS. The number of nitrogens with zero attached hydrogens (tertiary/aromatic N) is 1. The van der Waals surface area contributed by atoms with E-state index in [-0.39, 0.29) is 0 Å². The molecule has 0 fully saturated rings. The third-order valence-electron chi connectivity index (χ3n) is 2.56. The Labute approximate surface area is 112 Å². The van der Waals surface area contributed by atoms with E-state index in [2.05, 4.69) is 18.7 Å². The first-order chi connectivity index (χ1) is 8.72. The largest absolute Gasteiger partial charge is 0.456 e. The van der Waals surface area contributed by atoms with Crippen LogP contribution in [0.3, 0.4) is 0 Å². The number of aryl methyl sites for hydroxylation is 1. The first-order valence-electron chi connectivity index (χ1n) is 5.61. The molecule has 0 amide bonds. The minimum atomic E-state index is 0.531. The summed E-state index contributed by atoms with van der Waals surface area (Å²) in [7, 11) is 0. The van der Waals surface area contributed by atoms with E-state index in [4.69, 9.17) is 10.00 Å². The standard InChI is InChI=1S/C15H13NOS/c1-11-3-2-4-14(7-11)17-15-6-5-12(10-18)8-13(15)9-16/h2-8,18H,10H2,1H3. The molecule has 0 spiro atoms. The van der Waals surface area contributed by atoms with Crippen molar-refractivity contribution < 1.29 is 4.74 Å². The SMILES string of the molecule is Cc1cccc(Oc2ccc(CS)cc2C#N)c1. The first-order valence-corrected chi connectivity index (χ1v) is 6.24. The fourth-order valence-electron chi connectivity index (χ4n) is 1.66. The average Bonchev–Trinajstić information content (AvgIpc) is 2.39. The van der Waals surface area contributed by atoms with Crippen LogP contribution in [0.15, 0.2) is 42.5 Å². The van der Waals surface area contributed by atoms with Crippen molar-refractivity contribution in [3.8, 4) is 17.6 Å². The smallest absolute Gasteiger partial charge is 0.145 e. The third kappa shape index (κ3) is 2.85. The van der Waals surface area contributed by atoms with Gasteiger partial charge in [0.15, 0.2) is 0 Å². The van der Waals surface area contributed by atoms with Crippen LogP contribution in [0.4, 0.5) is 0 Å². The van der Waals surface area contributed by atoms with Gasteiger partial charge in [-0.25, -0.2) is 0 Å². The summed E-state index contributed by atoms with van der Waals surface area (Å²) in [5.74, 6) is 1.93. The fraction of sp³-hybridized carbons (Fsp3) is 0.133. The van der Waals surface area contributed by atoms with Crippen LogP contribution in [-0.2, 0) is 5.75 Å². The number of hydrogen-bond donors (Lipinski definition) is 1. The second-order valence-corrected chi connectivity index (χ2v) is 4.34. The predicted octanol–water partition coefficient (Wildman–Crippen LogP) is 4.09. The number of thiol groups is 1. The maximum Gasteiger partial charge on any atom is 0.145 e. The van der Waals surface area contributed by atoms with Gasteiger partial charge in [0.2, 0.25) is 0 Å². The normalized spacial score (nSPS) is 9.83. The summed E-state index contributed by atoms with van der Waals surface area (Å²) in [5.41, 5.74) is 2.66. The molecule has 0 bridgehead atoms. The van der Waals surface area contributed by atoms with Crippen LogP contribution < -0.4 is 4.74 Å². The Morgan fingerprint density at radius 3 is 2.72 bits per heavy atom. The summed E-state index contributed by atoms with van der Waals surface area (Å²) in [5, 5.41) is 9.12. The minimum Gasteiger partial charge on any atom is -0.456 e. The summed E-state index contributed by atoms with van der Waals surface area (Å²) < 4.78 is 5.73. The highest BCUT2D eigenvalue weighted by atomic mass is 32.1. The number of rotatable bonds is 3. The van der Waals surface area contributed by atoms with Gasteiger partial charge in [-0.15, -0.1) is 0 Å². The number of nitriles is 1. The van der Waals surface area contributed by atoms with Crippen LogP contribution in [0.25, 0.3) is 0 Å². The van der Waals surface area contributed by atoms with E-state index in [1.54, 1.807) is 6.07 Å². The Morgan fingerprint density at radius 2 is 2.06 bits per heavy atom. The second-order valence-electron chi connectivity index (χ2n) is 4.02. The van der Waals surface area contributed by atoms with Gasteiger partial charge in [0.05, 0.1) is 5.56 Å². The van der Waals surface area contributed by atoms with Gasteiger partial charge in [0, 0.05) is 5.75 Å². The lowest BCUT2D eigenvalue weighted by atomic mass is 10.1. The van der Waals surface area contributed by atoms with E-state index in [0.29, 0.717) is 17.1 Å². The molecule has 2 nitrogen and oxygen atoms in total. The van der Waals surface area contributed by atoms with Crippen molar-refractivity contribution >= 4 is 12.6 Å². The van der Waals surface area contributed by atoms with E-state index in [9.17, 15) is 0 Å². The molecule has 18 heavy (non-hydrogen) atoms. The molecule has 0 saturated carbocycles. The lowest BCUT2D eigenvalue weighted by Crippen LogP contribution is -1.90. The Kier molecular flexibility index (Phi) is 3.91. The first kappa shape index (κ1) is 12.5. The van der Waals surface area contributed by atoms with E-state index in [0.717, 1.165) is 16.9 Å². The maximum absolute atomic E-state index is 9.12. The van der Waals surface area contributed by atoms with Crippen molar-refractivity contribution in [3.63, 3.8) is 0 Å². The molecule has 0 saturated heterocycles. The highest BCUT2D eigenvalue weighted by molar-refractivity contribution is 7.79. The average molecular weight is 255 g/mol. The molecule has 0 atom stereocenters. The van der Waals surface area contributed by atoms with Gasteiger partial charge in [-0.1, -0.05) is 18.2 Å². The van der Waals surface area contributed by atoms with E-state index in [1.807, 2.05) is 43.3 Å². The van der Waals surface area contributed by atoms with E-state index >= 15 is 0 Å². The Bertz CT molecular complexity index is 602. The zero-order chi connectivity index (χ0) is 13.0. The van der Waals surface area contributed by atoms with Crippen molar-refractivity contribution in [1.82, 2.24) is 0 Å². The van der Waals surface area contributed by atoms with Crippen molar-refractivity contribution in [2.75, 3.05) is 0 Å². The monoisotopic (exact) mass is 255 g/mol. The molecule has 0 aliphatic heterocycles. The number of benzene rings is 2. The Morgan fingerprint density at radius 1 is 1.22 bits per heavy atom. The molecular weight excluding hydrogens is 242 g/mol. The third-order valence-corrected chi connectivity index (χ3v) is 2.93. The molecule has 2 aromatic rings. The molecule has 2 aromatic carbocycles. The molecule has 0 aromatic heterocycles. The van der Waals surface area contributed by atoms with Crippen molar-refractivity contribution in [3.05, 3.63) is 59.2 Å². The molecule has 0 aliphatic rings. The molecule has 2 rings (SSSR count). The molecule has 0 aliphatic carbocycles. The summed E-state index contributed by atoms with van der Waals surface area (Å²) >= 11 is 4.19. The maximum atomic E-state index is 9.12. The van der Waals surface area contributed by atoms with E-state index < -0.39 is 0 Å². The highest BCUT2D eigenvalue weighted by Gasteiger charge is 2.05.